The summed E-state index contributed by atoms with van der Waals surface area (Å²) in [6.45, 7) is 13.3. The number of aryl methyl sites for hydroxylation is 2. The molecule has 0 spiro atoms. The van der Waals surface area contributed by atoms with Crippen LogP contribution in [0.2, 0.25) is 0 Å². The van der Waals surface area contributed by atoms with E-state index in [2.05, 4.69) is 53.8 Å². The molecular weight excluding hydrogens is 398 g/mol. The van der Waals surface area contributed by atoms with E-state index in [9.17, 15) is 5.11 Å². The largest absolute Gasteiger partial charge is 0.494 e. The molecule has 0 bridgehead atoms. The number of rotatable bonds is 11. The van der Waals surface area contributed by atoms with Crippen molar-refractivity contribution >= 4 is 11.5 Å². The number of aliphatic hydroxyl groups excluding tert-OH is 1. The highest BCUT2D eigenvalue weighted by Crippen LogP contribution is 2.26. The number of nitrogens with zero attached hydrogens (tertiary/aromatic N) is 2. The van der Waals surface area contributed by atoms with Gasteiger partial charge < -0.3 is 20.1 Å². The average Bonchev–Trinajstić information content (AvgIpc) is 2.82. The van der Waals surface area contributed by atoms with Crippen LogP contribution in [-0.4, -0.2) is 42.4 Å². The maximum Gasteiger partial charge on any atom is 0.128 e. The molecule has 2 heterocycles. The maximum absolute atomic E-state index is 9.21. The first-order valence-electron chi connectivity index (χ1n) is 12.0. The number of hydrogen-bond donors (Lipinski definition) is 2. The van der Waals surface area contributed by atoms with Crippen LogP contribution in [0.15, 0.2) is 43.1 Å². The van der Waals surface area contributed by atoms with Crippen LogP contribution in [0, 0.1) is 12.8 Å². The minimum absolute atomic E-state index is 0.0115. The molecular formula is C27H39N3O2. The zero-order valence-corrected chi connectivity index (χ0v) is 19.9. The minimum Gasteiger partial charge on any atom is -0.494 e. The summed E-state index contributed by atoms with van der Waals surface area (Å²) >= 11 is 0. The Morgan fingerprint density at radius 2 is 2.06 bits per heavy atom. The Kier molecular flexibility index (Phi) is 8.98. The third kappa shape index (κ3) is 6.73. The van der Waals surface area contributed by atoms with E-state index in [1.165, 1.54) is 24.8 Å². The Bertz CT molecular complexity index is 858. The van der Waals surface area contributed by atoms with Gasteiger partial charge in [-0.05, 0) is 87.3 Å². The Morgan fingerprint density at radius 3 is 2.69 bits per heavy atom. The maximum atomic E-state index is 9.21. The van der Waals surface area contributed by atoms with Crippen LogP contribution in [-0.2, 0) is 6.42 Å². The van der Waals surface area contributed by atoms with Gasteiger partial charge in [-0.1, -0.05) is 19.6 Å². The predicted octanol–water partition coefficient (Wildman–Crippen LogP) is 4.97. The molecule has 1 unspecified atom stereocenters. The molecule has 2 aromatic rings. The van der Waals surface area contributed by atoms with Crippen molar-refractivity contribution in [2.24, 2.45) is 5.92 Å². The standard InChI is InChI=1S/C27H39N3O2/c1-5-23-8-11-27(28-18-23)30-14-12-24(13-15-30)7-6-16-32-25-9-10-26(20(2)17-25)22(4)29-21(3)19-31/h8-11,17-18,21,24,29,31H,4-7,12-16,19H2,1-3H3. The van der Waals surface area contributed by atoms with Gasteiger partial charge in [-0.3, -0.25) is 0 Å². The number of ether oxygens (including phenoxy) is 1. The van der Waals surface area contributed by atoms with Crippen molar-refractivity contribution in [1.82, 2.24) is 10.3 Å². The number of hydrogen-bond acceptors (Lipinski definition) is 5. The zero-order chi connectivity index (χ0) is 22.9. The van der Waals surface area contributed by atoms with Crippen molar-refractivity contribution < 1.29 is 9.84 Å². The molecule has 0 radical (unpaired) electrons. The van der Waals surface area contributed by atoms with Crippen LogP contribution in [0.3, 0.4) is 0 Å². The molecule has 2 N–H and O–H groups in total. The van der Waals surface area contributed by atoms with Gasteiger partial charge >= 0.3 is 0 Å². The topological polar surface area (TPSA) is 57.6 Å². The van der Waals surface area contributed by atoms with Crippen molar-refractivity contribution in [3.63, 3.8) is 0 Å². The molecule has 0 aliphatic carbocycles. The van der Waals surface area contributed by atoms with Crippen LogP contribution in [0.1, 0.15) is 56.2 Å². The Labute approximate surface area is 193 Å². The van der Waals surface area contributed by atoms with Crippen molar-refractivity contribution in [3.05, 3.63) is 59.8 Å². The van der Waals surface area contributed by atoms with Crippen molar-refractivity contribution in [3.8, 4) is 5.75 Å². The summed E-state index contributed by atoms with van der Waals surface area (Å²) in [4.78, 5) is 7.05. The van der Waals surface area contributed by atoms with Crippen LogP contribution >= 0.6 is 0 Å². The first-order chi connectivity index (χ1) is 15.5. The summed E-state index contributed by atoms with van der Waals surface area (Å²) in [6, 6.07) is 10.5. The molecule has 0 saturated carbocycles. The molecule has 174 valence electrons. The fourth-order valence-corrected chi connectivity index (χ4v) is 4.31. The van der Waals surface area contributed by atoms with E-state index in [-0.39, 0.29) is 12.6 Å². The van der Waals surface area contributed by atoms with E-state index in [1.54, 1.807) is 0 Å². The molecule has 1 aromatic heterocycles. The lowest BCUT2D eigenvalue weighted by Gasteiger charge is -2.33. The van der Waals surface area contributed by atoms with Gasteiger partial charge in [0, 0.05) is 36.6 Å². The number of aromatic nitrogens is 1. The van der Waals surface area contributed by atoms with E-state index < -0.39 is 0 Å². The predicted molar refractivity (Wildman–Crippen MR) is 133 cm³/mol. The lowest BCUT2D eigenvalue weighted by Crippen LogP contribution is -2.34. The molecule has 0 amide bonds. The first kappa shape index (κ1) is 24.1. The monoisotopic (exact) mass is 437 g/mol. The summed E-state index contributed by atoms with van der Waals surface area (Å²) in [5.74, 6) is 2.80. The second-order valence-corrected chi connectivity index (χ2v) is 8.98. The van der Waals surface area contributed by atoms with E-state index in [4.69, 9.17) is 4.74 Å². The van der Waals surface area contributed by atoms with Crippen LogP contribution in [0.25, 0.3) is 5.70 Å². The summed E-state index contributed by atoms with van der Waals surface area (Å²) in [5, 5.41) is 12.4. The SMILES string of the molecule is C=C(NC(C)CO)c1ccc(OCCCC2CCN(c3ccc(CC)cn3)CC2)cc1C. The summed E-state index contributed by atoms with van der Waals surface area (Å²) < 4.78 is 6.02. The van der Waals surface area contributed by atoms with Crippen molar-refractivity contribution in [2.75, 3.05) is 31.2 Å². The Morgan fingerprint density at radius 1 is 1.28 bits per heavy atom. The van der Waals surface area contributed by atoms with E-state index in [0.29, 0.717) is 0 Å². The van der Waals surface area contributed by atoms with Gasteiger partial charge in [0.25, 0.3) is 0 Å². The summed E-state index contributed by atoms with van der Waals surface area (Å²) in [7, 11) is 0. The quantitative estimate of drug-likeness (QED) is 0.486. The molecule has 1 aliphatic heterocycles. The van der Waals surface area contributed by atoms with E-state index >= 15 is 0 Å². The number of aliphatic hydroxyl groups is 1. The van der Waals surface area contributed by atoms with Crippen molar-refractivity contribution in [2.45, 2.75) is 58.9 Å². The highest BCUT2D eigenvalue weighted by molar-refractivity contribution is 5.65. The number of piperidine rings is 1. The minimum atomic E-state index is -0.0115. The van der Waals surface area contributed by atoms with Gasteiger partial charge in [-0.2, -0.15) is 0 Å². The van der Waals surface area contributed by atoms with Gasteiger partial charge in [0.05, 0.1) is 13.2 Å². The zero-order valence-electron chi connectivity index (χ0n) is 19.9. The molecule has 1 saturated heterocycles. The Balaban J connectivity index is 1.37. The van der Waals surface area contributed by atoms with Crippen LogP contribution in [0.5, 0.6) is 5.75 Å². The van der Waals surface area contributed by atoms with Gasteiger partial charge in [0.1, 0.15) is 11.6 Å². The van der Waals surface area contributed by atoms with Gasteiger partial charge in [0.15, 0.2) is 0 Å². The molecule has 1 aliphatic rings. The summed E-state index contributed by atoms with van der Waals surface area (Å²) in [5.41, 5.74) is 4.31. The normalized spacial score (nSPS) is 15.4. The number of nitrogens with one attached hydrogen (secondary N) is 1. The van der Waals surface area contributed by atoms with E-state index in [1.807, 2.05) is 25.3 Å². The van der Waals surface area contributed by atoms with E-state index in [0.717, 1.165) is 66.8 Å². The fraction of sp³-hybridized carbons (Fsp3) is 0.519. The fourth-order valence-electron chi connectivity index (χ4n) is 4.31. The van der Waals surface area contributed by atoms with Gasteiger partial charge in [0.2, 0.25) is 0 Å². The third-order valence-corrected chi connectivity index (χ3v) is 6.40. The lowest BCUT2D eigenvalue weighted by molar-refractivity contribution is 0.263. The molecule has 5 heteroatoms. The first-order valence-corrected chi connectivity index (χ1v) is 12.0. The van der Waals surface area contributed by atoms with Crippen molar-refractivity contribution in [1.29, 1.82) is 0 Å². The number of benzene rings is 1. The number of anilines is 1. The summed E-state index contributed by atoms with van der Waals surface area (Å²) in [6.07, 6.45) is 7.80. The van der Waals surface area contributed by atoms with Gasteiger partial charge in [-0.25, -0.2) is 4.98 Å². The van der Waals surface area contributed by atoms with Crippen LogP contribution in [0.4, 0.5) is 5.82 Å². The molecule has 1 fully saturated rings. The molecule has 32 heavy (non-hydrogen) atoms. The molecule has 1 atom stereocenters. The second kappa shape index (κ2) is 11.9. The second-order valence-electron chi connectivity index (χ2n) is 8.98. The lowest BCUT2D eigenvalue weighted by atomic mass is 9.92. The molecule has 5 nitrogen and oxygen atoms in total. The van der Waals surface area contributed by atoms with Crippen LogP contribution < -0.4 is 15.0 Å². The van der Waals surface area contributed by atoms with Gasteiger partial charge in [-0.15, -0.1) is 0 Å². The molecule has 1 aromatic carbocycles. The smallest absolute Gasteiger partial charge is 0.128 e. The number of pyridine rings is 1. The third-order valence-electron chi connectivity index (χ3n) is 6.40. The highest BCUT2D eigenvalue weighted by atomic mass is 16.5. The highest BCUT2D eigenvalue weighted by Gasteiger charge is 2.20. The average molecular weight is 438 g/mol. The molecule has 3 rings (SSSR count). The Hall–Kier alpha value is -2.53.